The molecule has 1 aromatic carbocycles. The van der Waals surface area contributed by atoms with Crippen LogP contribution in [0.25, 0.3) is 0 Å². The fourth-order valence-corrected chi connectivity index (χ4v) is 3.13. The standard InChI is InChI=1S/C11H12BrNO3/c1-5-7-3-4-8(14)9(7)6(2)11(10(5)12)13(15)16/h8,14H,3-4H2,1-2H3. The molecule has 1 atom stereocenters. The van der Waals surface area contributed by atoms with Crippen LogP contribution < -0.4 is 0 Å². The van der Waals surface area contributed by atoms with Crippen LogP contribution in [0.15, 0.2) is 4.47 Å². The molecule has 0 spiro atoms. The largest absolute Gasteiger partial charge is 0.388 e. The number of hydrogen-bond acceptors (Lipinski definition) is 3. The van der Waals surface area contributed by atoms with Gasteiger partial charge in [0.15, 0.2) is 0 Å². The Kier molecular flexibility index (Phi) is 2.75. The second kappa shape index (κ2) is 3.82. The van der Waals surface area contributed by atoms with Crippen molar-refractivity contribution >= 4 is 21.6 Å². The average molecular weight is 286 g/mol. The van der Waals surface area contributed by atoms with Gasteiger partial charge in [-0.15, -0.1) is 0 Å². The van der Waals surface area contributed by atoms with Gasteiger partial charge in [0.1, 0.15) is 0 Å². The summed E-state index contributed by atoms with van der Waals surface area (Å²) in [6.07, 6.45) is 0.894. The van der Waals surface area contributed by atoms with Gasteiger partial charge in [0, 0.05) is 5.56 Å². The Morgan fingerprint density at radius 1 is 1.44 bits per heavy atom. The predicted octanol–water partition coefficient (Wildman–Crippen LogP) is 2.95. The molecular formula is C11H12BrNO3. The first-order valence-electron chi connectivity index (χ1n) is 5.09. The van der Waals surface area contributed by atoms with E-state index in [2.05, 4.69) is 15.9 Å². The molecule has 0 heterocycles. The van der Waals surface area contributed by atoms with Gasteiger partial charge >= 0.3 is 0 Å². The van der Waals surface area contributed by atoms with Gasteiger partial charge in [0.25, 0.3) is 5.69 Å². The second-order valence-corrected chi connectivity index (χ2v) is 4.91. The molecule has 0 bridgehead atoms. The average Bonchev–Trinajstić information content (AvgIpc) is 2.57. The van der Waals surface area contributed by atoms with Crippen LogP contribution in [0, 0.1) is 24.0 Å². The molecule has 4 nitrogen and oxygen atoms in total. The highest BCUT2D eigenvalue weighted by atomic mass is 79.9. The number of nitro benzene ring substituents is 1. The summed E-state index contributed by atoms with van der Waals surface area (Å²) in [5.41, 5.74) is 3.36. The quantitative estimate of drug-likeness (QED) is 0.637. The Morgan fingerprint density at radius 2 is 2.06 bits per heavy atom. The maximum atomic E-state index is 11.0. The van der Waals surface area contributed by atoms with Crippen LogP contribution in [-0.4, -0.2) is 10.0 Å². The van der Waals surface area contributed by atoms with Crippen LogP contribution in [0.4, 0.5) is 5.69 Å². The molecule has 0 saturated heterocycles. The normalized spacial score (nSPS) is 18.6. The number of nitro groups is 1. The molecule has 0 amide bonds. The molecule has 1 unspecified atom stereocenters. The van der Waals surface area contributed by atoms with Gasteiger partial charge in [-0.25, -0.2) is 0 Å². The van der Waals surface area contributed by atoms with Crippen molar-refractivity contribution in [1.29, 1.82) is 0 Å². The van der Waals surface area contributed by atoms with Crippen LogP contribution in [0.1, 0.15) is 34.8 Å². The van der Waals surface area contributed by atoms with E-state index in [1.807, 2.05) is 6.92 Å². The highest BCUT2D eigenvalue weighted by Gasteiger charge is 2.31. The van der Waals surface area contributed by atoms with Gasteiger partial charge < -0.3 is 5.11 Å². The third-order valence-corrected chi connectivity index (χ3v) is 4.23. The van der Waals surface area contributed by atoms with Crippen molar-refractivity contribution in [2.24, 2.45) is 0 Å². The van der Waals surface area contributed by atoms with E-state index in [1.54, 1.807) is 6.92 Å². The molecule has 1 aromatic rings. The first-order chi connectivity index (χ1) is 7.45. The van der Waals surface area contributed by atoms with Crippen LogP contribution in [0.3, 0.4) is 0 Å². The summed E-state index contributed by atoms with van der Waals surface area (Å²) in [5, 5.41) is 20.8. The molecule has 1 aliphatic rings. The van der Waals surface area contributed by atoms with Gasteiger partial charge in [-0.05, 0) is 59.3 Å². The lowest BCUT2D eigenvalue weighted by Gasteiger charge is -2.13. The minimum Gasteiger partial charge on any atom is -0.388 e. The molecule has 0 radical (unpaired) electrons. The number of hydrogen-bond donors (Lipinski definition) is 1. The van der Waals surface area contributed by atoms with E-state index in [1.165, 1.54) is 0 Å². The SMILES string of the molecule is Cc1c(Br)c([N+](=O)[O-])c(C)c2c1CCC2O. The van der Waals surface area contributed by atoms with Crippen molar-refractivity contribution in [2.45, 2.75) is 32.8 Å². The van der Waals surface area contributed by atoms with Crippen LogP contribution >= 0.6 is 15.9 Å². The lowest BCUT2D eigenvalue weighted by molar-refractivity contribution is -0.386. The lowest BCUT2D eigenvalue weighted by Crippen LogP contribution is -2.03. The molecule has 0 aromatic heterocycles. The second-order valence-electron chi connectivity index (χ2n) is 4.12. The summed E-state index contributed by atoms with van der Waals surface area (Å²) >= 11 is 3.28. The van der Waals surface area contributed by atoms with E-state index < -0.39 is 11.0 Å². The van der Waals surface area contributed by atoms with Crippen molar-refractivity contribution in [2.75, 3.05) is 0 Å². The number of benzene rings is 1. The fourth-order valence-electron chi connectivity index (χ4n) is 2.45. The summed E-state index contributed by atoms with van der Waals surface area (Å²) < 4.78 is 0.544. The van der Waals surface area contributed by atoms with Gasteiger partial charge in [0.2, 0.25) is 0 Å². The zero-order valence-electron chi connectivity index (χ0n) is 9.08. The third-order valence-electron chi connectivity index (χ3n) is 3.26. The molecule has 2 rings (SSSR count). The number of halogens is 1. The van der Waals surface area contributed by atoms with Crippen LogP contribution in [-0.2, 0) is 6.42 Å². The Balaban J connectivity index is 2.81. The van der Waals surface area contributed by atoms with Crippen LogP contribution in [0.2, 0.25) is 0 Å². The number of rotatable bonds is 1. The number of aliphatic hydroxyl groups excluding tert-OH is 1. The monoisotopic (exact) mass is 285 g/mol. The van der Waals surface area contributed by atoms with Crippen molar-refractivity contribution in [1.82, 2.24) is 0 Å². The van der Waals surface area contributed by atoms with E-state index in [0.29, 0.717) is 16.5 Å². The van der Waals surface area contributed by atoms with Crippen LogP contribution in [0.5, 0.6) is 0 Å². The van der Waals surface area contributed by atoms with Crippen molar-refractivity contribution in [3.8, 4) is 0 Å². The first kappa shape index (κ1) is 11.5. The maximum Gasteiger partial charge on any atom is 0.287 e. The lowest BCUT2D eigenvalue weighted by atomic mass is 9.97. The van der Waals surface area contributed by atoms with Gasteiger partial charge in [0.05, 0.1) is 15.5 Å². The number of nitrogens with zero attached hydrogens (tertiary/aromatic N) is 1. The topological polar surface area (TPSA) is 63.4 Å². The van der Waals surface area contributed by atoms with Gasteiger partial charge in [-0.1, -0.05) is 0 Å². The van der Waals surface area contributed by atoms with E-state index in [4.69, 9.17) is 0 Å². The van der Waals surface area contributed by atoms with Gasteiger partial charge in [-0.2, -0.15) is 0 Å². The van der Waals surface area contributed by atoms with Crippen molar-refractivity contribution < 1.29 is 10.0 Å². The molecule has 0 fully saturated rings. The van der Waals surface area contributed by atoms with E-state index >= 15 is 0 Å². The molecule has 16 heavy (non-hydrogen) atoms. The maximum absolute atomic E-state index is 11.0. The zero-order chi connectivity index (χ0) is 12.0. The van der Waals surface area contributed by atoms with Crippen molar-refractivity contribution in [3.05, 3.63) is 36.8 Å². The Morgan fingerprint density at radius 3 is 2.62 bits per heavy atom. The van der Waals surface area contributed by atoms with Crippen molar-refractivity contribution in [3.63, 3.8) is 0 Å². The summed E-state index contributed by atoms with van der Waals surface area (Å²) in [7, 11) is 0. The smallest absolute Gasteiger partial charge is 0.287 e. The minimum atomic E-state index is -0.555. The van der Waals surface area contributed by atoms with Gasteiger partial charge in [-0.3, -0.25) is 10.1 Å². The first-order valence-corrected chi connectivity index (χ1v) is 5.88. The summed E-state index contributed by atoms with van der Waals surface area (Å²) in [6, 6.07) is 0. The van der Waals surface area contributed by atoms with E-state index in [9.17, 15) is 15.2 Å². The summed E-state index contributed by atoms with van der Waals surface area (Å²) in [6.45, 7) is 3.56. The molecule has 1 N–H and O–H groups in total. The van der Waals surface area contributed by atoms with E-state index in [0.717, 1.165) is 23.1 Å². The minimum absolute atomic E-state index is 0.0807. The molecule has 0 saturated carbocycles. The van der Waals surface area contributed by atoms with E-state index in [-0.39, 0.29) is 5.69 Å². The molecule has 1 aliphatic carbocycles. The molecule has 5 heteroatoms. The summed E-state index contributed by atoms with van der Waals surface area (Å²) in [4.78, 5) is 10.6. The Hall–Kier alpha value is -0.940. The highest BCUT2D eigenvalue weighted by molar-refractivity contribution is 9.10. The molecule has 0 aliphatic heterocycles. The highest BCUT2D eigenvalue weighted by Crippen LogP contribution is 2.44. The predicted molar refractivity (Wildman–Crippen MR) is 63.6 cm³/mol. The third kappa shape index (κ3) is 1.46. The Bertz CT molecular complexity index is 485. The molecule has 86 valence electrons. The Labute approximate surface area is 102 Å². The zero-order valence-corrected chi connectivity index (χ0v) is 10.7. The summed E-state index contributed by atoms with van der Waals surface area (Å²) in [5.74, 6) is 0. The number of aliphatic hydroxyl groups is 1. The fraction of sp³-hybridized carbons (Fsp3) is 0.455. The number of fused-ring (bicyclic) bond motifs is 1. The molecular weight excluding hydrogens is 274 g/mol.